The van der Waals surface area contributed by atoms with Gasteiger partial charge in [0, 0.05) is 13.3 Å². The topological polar surface area (TPSA) is 62.3 Å². The van der Waals surface area contributed by atoms with Crippen LogP contribution in [0.2, 0.25) is 0 Å². The van der Waals surface area contributed by atoms with Crippen LogP contribution in [0.1, 0.15) is 20.3 Å². The minimum atomic E-state index is -2.66. The van der Waals surface area contributed by atoms with Crippen molar-refractivity contribution in [2.24, 2.45) is 0 Å². The van der Waals surface area contributed by atoms with E-state index in [1.165, 1.54) is 6.92 Å². The second-order valence-corrected chi connectivity index (χ2v) is 3.41. The molecule has 0 aromatic carbocycles. The van der Waals surface area contributed by atoms with E-state index < -0.39 is 15.6 Å². The van der Waals surface area contributed by atoms with E-state index in [-0.39, 0.29) is 0 Å². The average Bonchev–Trinajstić information content (AvgIpc) is 1.86. The first kappa shape index (κ1) is 8.37. The van der Waals surface area contributed by atoms with Gasteiger partial charge in [0.2, 0.25) is 16.1 Å². The molecule has 5 heteroatoms. The van der Waals surface area contributed by atoms with Crippen LogP contribution in [0.25, 0.3) is 4.98 Å². The summed E-state index contributed by atoms with van der Waals surface area (Å²) in [6, 6.07) is 0. The van der Waals surface area contributed by atoms with Gasteiger partial charge in [-0.05, 0) is 0 Å². The first-order valence-corrected chi connectivity index (χ1v) is 3.75. The Bertz CT molecular complexity index is 197. The zero-order chi connectivity index (χ0) is 7.49. The Morgan fingerprint density at radius 3 is 2.11 bits per heavy atom. The Morgan fingerprint density at radius 1 is 1.67 bits per heavy atom. The van der Waals surface area contributed by atoms with Gasteiger partial charge in [0.05, 0.1) is 0 Å². The summed E-state index contributed by atoms with van der Waals surface area (Å²) in [6.07, 6.45) is 0.294. The van der Waals surface area contributed by atoms with Crippen LogP contribution in [0.3, 0.4) is 0 Å². The largest absolute Gasteiger partial charge is 0.413 e. The van der Waals surface area contributed by atoms with Crippen LogP contribution in [0.5, 0.6) is 0 Å². The number of nitrogens with zero attached hydrogens (tertiary/aromatic N) is 2. The molecule has 0 fully saturated rings. The van der Waals surface area contributed by atoms with Gasteiger partial charge in [-0.1, -0.05) is 6.92 Å². The van der Waals surface area contributed by atoms with Crippen LogP contribution in [0.4, 0.5) is 0 Å². The van der Waals surface area contributed by atoms with Crippen molar-refractivity contribution in [2.45, 2.75) is 25.1 Å². The van der Waals surface area contributed by atoms with Gasteiger partial charge in [-0.15, -0.1) is 0 Å². The minimum Gasteiger partial charge on any atom is -0.223 e. The van der Waals surface area contributed by atoms with Crippen LogP contribution in [0, 0.1) is 5.39 Å². The van der Waals surface area contributed by atoms with Crippen molar-refractivity contribution >= 4 is 10.7 Å². The fraction of sp³-hybridized carbons (Fsp3) is 1.00. The molecule has 0 spiro atoms. The predicted molar refractivity (Wildman–Crippen MR) is 34.1 cm³/mol. The highest BCUT2D eigenvalue weighted by Crippen LogP contribution is 2.14. The summed E-state index contributed by atoms with van der Waals surface area (Å²) in [5.41, 5.74) is 0. The van der Waals surface area contributed by atoms with E-state index in [1.54, 1.807) is 6.92 Å². The molecule has 0 amide bonds. The highest BCUT2D eigenvalue weighted by Gasteiger charge is 2.39. The molecule has 0 aliphatic heterocycles. The Hall–Kier alpha value is -0.630. The number of hydrogen-bond donors (Lipinski definition) is 1. The lowest BCUT2D eigenvalue weighted by Gasteiger charge is -1.94. The first-order valence-electron chi connectivity index (χ1n) is 2.57. The first-order chi connectivity index (χ1) is 4.06. The molecular formula is C4H9N2O2S+. The van der Waals surface area contributed by atoms with Gasteiger partial charge in [-0.3, -0.25) is 0 Å². The smallest absolute Gasteiger partial charge is 0.223 e. The quantitative estimate of drug-likeness (QED) is 0.461. The van der Waals surface area contributed by atoms with Crippen molar-refractivity contribution in [1.29, 1.82) is 5.39 Å². The molecule has 0 N–H and O–H groups in total. The van der Waals surface area contributed by atoms with Gasteiger partial charge < -0.3 is 0 Å². The average molecular weight is 149 g/mol. The molecule has 9 heavy (non-hydrogen) atoms. The molecular weight excluding hydrogens is 140 g/mol. The Morgan fingerprint density at radius 2 is 2.11 bits per heavy atom. The van der Waals surface area contributed by atoms with Crippen molar-refractivity contribution in [1.82, 2.24) is 0 Å². The van der Waals surface area contributed by atoms with Crippen molar-refractivity contribution < 1.29 is 8.42 Å². The fourth-order valence-corrected chi connectivity index (χ4v) is 0.568. The van der Waals surface area contributed by atoms with E-state index in [4.69, 9.17) is 5.39 Å². The van der Waals surface area contributed by atoms with E-state index in [2.05, 4.69) is 4.98 Å². The summed E-state index contributed by atoms with van der Waals surface area (Å²) in [6.45, 7) is 3.00. The monoisotopic (exact) mass is 149 g/mol. The van der Waals surface area contributed by atoms with E-state index in [1.807, 2.05) is 0 Å². The lowest BCUT2D eigenvalue weighted by molar-refractivity contribution is 0.575. The van der Waals surface area contributed by atoms with E-state index in [0.29, 0.717) is 6.42 Å². The van der Waals surface area contributed by atoms with E-state index >= 15 is 0 Å². The van der Waals surface area contributed by atoms with Crippen molar-refractivity contribution in [3.8, 4) is 0 Å². The zero-order valence-electron chi connectivity index (χ0n) is 5.37. The number of diazo groups is 1. The number of thiol groups is 1. The molecule has 0 aliphatic carbocycles. The lowest BCUT2D eigenvalue weighted by atomic mass is 10.3. The zero-order valence-corrected chi connectivity index (χ0v) is 6.26. The van der Waals surface area contributed by atoms with Crippen molar-refractivity contribution in [3.05, 3.63) is 4.98 Å². The van der Waals surface area contributed by atoms with Crippen LogP contribution >= 0.6 is 0 Å². The molecule has 0 saturated heterocycles. The van der Waals surface area contributed by atoms with Crippen molar-refractivity contribution in [3.63, 3.8) is 0 Å². The molecule has 0 rings (SSSR count). The van der Waals surface area contributed by atoms with Crippen LogP contribution < -0.4 is 0 Å². The van der Waals surface area contributed by atoms with Gasteiger partial charge >= 0.3 is 4.87 Å². The number of hydrogen-bond acceptors (Lipinski definition) is 3. The van der Waals surface area contributed by atoms with E-state index in [0.717, 1.165) is 0 Å². The Kier molecular flexibility index (Phi) is 2.59. The Balaban J connectivity index is 4.54. The highest BCUT2D eigenvalue weighted by molar-refractivity contribution is 7.74. The Labute approximate surface area is 55.5 Å². The number of rotatable bonds is 2. The standard InChI is InChI=1S/C4H9N2O2S/c1-3-4(2,6-5)9(7)8/h9H,3H2,1-2H3/q+1. The molecule has 4 nitrogen and oxygen atoms in total. The van der Waals surface area contributed by atoms with Crippen LogP contribution in [-0.2, 0) is 10.7 Å². The van der Waals surface area contributed by atoms with Gasteiger partial charge in [0.1, 0.15) is 4.98 Å². The third kappa shape index (κ3) is 1.64. The SMILES string of the molecule is CCC(C)([N+]#N)[SH](=O)=O. The van der Waals surface area contributed by atoms with Gasteiger partial charge in [0.15, 0.2) is 0 Å². The van der Waals surface area contributed by atoms with Gasteiger partial charge in [-0.25, -0.2) is 8.42 Å². The predicted octanol–water partition coefficient (Wildman–Crippen LogP) is 0.577. The maximum atomic E-state index is 10.3. The third-order valence-electron chi connectivity index (χ3n) is 1.28. The van der Waals surface area contributed by atoms with Crippen LogP contribution in [0.15, 0.2) is 0 Å². The molecule has 0 aromatic rings. The maximum Gasteiger partial charge on any atom is 0.413 e. The molecule has 0 bridgehead atoms. The molecule has 0 aromatic heterocycles. The molecule has 0 radical (unpaired) electrons. The molecule has 0 heterocycles. The van der Waals surface area contributed by atoms with Gasteiger partial charge in [-0.2, -0.15) is 0 Å². The molecule has 0 saturated carbocycles. The van der Waals surface area contributed by atoms with Crippen molar-refractivity contribution in [2.75, 3.05) is 0 Å². The molecule has 0 aliphatic rings. The van der Waals surface area contributed by atoms with Gasteiger partial charge in [0.25, 0.3) is 0 Å². The lowest BCUT2D eigenvalue weighted by Crippen LogP contribution is -2.19. The summed E-state index contributed by atoms with van der Waals surface area (Å²) in [7, 11) is -2.66. The third-order valence-corrected chi connectivity index (χ3v) is 2.47. The molecule has 52 valence electrons. The second-order valence-electron chi connectivity index (χ2n) is 1.93. The summed E-state index contributed by atoms with van der Waals surface area (Å²) >= 11 is 0. The summed E-state index contributed by atoms with van der Waals surface area (Å²) in [5, 5.41) is 8.20. The highest BCUT2D eigenvalue weighted by atomic mass is 32.2. The molecule has 1 atom stereocenters. The fourth-order valence-electron chi connectivity index (χ4n) is 0.236. The summed E-state index contributed by atoms with van der Waals surface area (Å²) in [5.74, 6) is 0. The van der Waals surface area contributed by atoms with E-state index in [9.17, 15) is 8.42 Å². The maximum absolute atomic E-state index is 10.3. The summed E-state index contributed by atoms with van der Waals surface area (Å²) in [4.78, 5) is 1.46. The normalized spacial score (nSPS) is 16.7. The summed E-state index contributed by atoms with van der Waals surface area (Å²) < 4.78 is 20.5. The van der Waals surface area contributed by atoms with Crippen LogP contribution in [-0.4, -0.2) is 13.3 Å². The second kappa shape index (κ2) is 2.78. The minimum absolute atomic E-state index is 0.294. The molecule has 1 unspecified atom stereocenters.